The van der Waals surface area contributed by atoms with Gasteiger partial charge in [0.05, 0.1) is 11.0 Å². The maximum Gasteiger partial charge on any atom is 0.328 e. The monoisotopic (exact) mass is 313 g/mol. The van der Waals surface area contributed by atoms with Crippen molar-refractivity contribution in [2.45, 2.75) is 27.3 Å². The van der Waals surface area contributed by atoms with Gasteiger partial charge in [0.15, 0.2) is 0 Å². The molecule has 1 aromatic carbocycles. The largest absolute Gasteiger partial charge is 0.328 e. The third kappa shape index (κ3) is 2.91. The van der Waals surface area contributed by atoms with Crippen molar-refractivity contribution in [3.63, 3.8) is 0 Å². The summed E-state index contributed by atoms with van der Waals surface area (Å²) in [4.78, 5) is 16.2. The molecule has 3 aromatic rings. The first kappa shape index (κ1) is 15.5. The summed E-state index contributed by atoms with van der Waals surface area (Å²) in [6.45, 7) is 6.98. The number of aryl methyl sites for hydroxylation is 1. The Morgan fingerprint density at radius 2 is 1.78 bits per heavy atom. The molecule has 4 nitrogen and oxygen atoms in total. The van der Waals surface area contributed by atoms with Crippen molar-refractivity contribution in [2.24, 2.45) is 12.5 Å². The molecule has 0 N–H and O–H groups in total. The predicted octanol–water partition coefficient (Wildman–Crippen LogP) is 3.59. The van der Waals surface area contributed by atoms with E-state index in [4.69, 9.17) is 0 Å². The average molecular weight is 313 g/mol. The minimum Gasteiger partial charge on any atom is -0.295 e. The molecule has 2 aromatic heterocycles. The molecule has 0 fully saturated rings. The van der Waals surface area contributed by atoms with Gasteiger partial charge >= 0.3 is 5.69 Å². The molecule has 0 amide bonds. The van der Waals surface area contributed by atoms with Crippen LogP contribution in [0.15, 0.2) is 41.3 Å². The lowest BCUT2D eigenvalue weighted by Crippen LogP contribution is -2.27. The summed E-state index contributed by atoms with van der Waals surface area (Å²) in [5.41, 5.74) is 3.49. The number of benzene rings is 1. The molecule has 0 atom stereocenters. The normalized spacial score (nSPS) is 12.0. The van der Waals surface area contributed by atoms with Gasteiger partial charge in [0, 0.05) is 25.4 Å². The molecular formula is C18H20FN3O. The summed E-state index contributed by atoms with van der Waals surface area (Å²) >= 11 is 0. The summed E-state index contributed by atoms with van der Waals surface area (Å²) in [6.07, 6.45) is 1.50. The highest BCUT2D eigenvalue weighted by molar-refractivity contribution is 5.82. The van der Waals surface area contributed by atoms with E-state index < -0.39 is 5.95 Å². The summed E-state index contributed by atoms with van der Waals surface area (Å²) in [7, 11) is 1.77. The first-order chi connectivity index (χ1) is 10.8. The second-order valence-corrected chi connectivity index (χ2v) is 7.06. The maximum atomic E-state index is 13.0. The standard InChI is InChI=1S/C18H20FN3O/c1-18(2,3)11-22-14-7-5-12(9-15(14)21(4)17(22)23)13-6-8-16(19)20-10-13/h5-10H,11H2,1-4H3. The molecule has 0 saturated carbocycles. The van der Waals surface area contributed by atoms with E-state index in [1.807, 2.05) is 22.8 Å². The molecule has 0 spiro atoms. The van der Waals surface area contributed by atoms with Crippen molar-refractivity contribution in [1.82, 2.24) is 14.1 Å². The van der Waals surface area contributed by atoms with Crippen LogP contribution in [-0.2, 0) is 13.6 Å². The molecule has 0 aliphatic rings. The number of hydrogen-bond acceptors (Lipinski definition) is 2. The van der Waals surface area contributed by atoms with E-state index in [-0.39, 0.29) is 11.1 Å². The van der Waals surface area contributed by atoms with E-state index in [9.17, 15) is 9.18 Å². The van der Waals surface area contributed by atoms with Crippen LogP contribution in [-0.4, -0.2) is 14.1 Å². The van der Waals surface area contributed by atoms with Crippen LogP contribution in [0.4, 0.5) is 4.39 Å². The first-order valence-electron chi connectivity index (χ1n) is 7.57. The van der Waals surface area contributed by atoms with Gasteiger partial charge in [-0.25, -0.2) is 9.78 Å². The van der Waals surface area contributed by atoms with Crippen LogP contribution in [0.3, 0.4) is 0 Å². The Morgan fingerprint density at radius 3 is 2.39 bits per heavy atom. The number of nitrogens with zero attached hydrogens (tertiary/aromatic N) is 3. The van der Waals surface area contributed by atoms with E-state index in [2.05, 4.69) is 25.8 Å². The van der Waals surface area contributed by atoms with Crippen LogP contribution in [0.2, 0.25) is 0 Å². The zero-order valence-corrected chi connectivity index (χ0v) is 13.8. The number of halogens is 1. The Kier molecular flexibility index (Phi) is 3.59. The molecule has 0 saturated heterocycles. The lowest BCUT2D eigenvalue weighted by Gasteiger charge is -2.18. The molecule has 0 unspecified atom stereocenters. The Morgan fingerprint density at radius 1 is 1.09 bits per heavy atom. The van der Waals surface area contributed by atoms with Crippen molar-refractivity contribution >= 4 is 11.0 Å². The fraction of sp³-hybridized carbons (Fsp3) is 0.333. The van der Waals surface area contributed by atoms with Gasteiger partial charge in [0.2, 0.25) is 5.95 Å². The van der Waals surface area contributed by atoms with Crippen LogP contribution < -0.4 is 5.69 Å². The molecule has 3 rings (SSSR count). The summed E-state index contributed by atoms with van der Waals surface area (Å²) < 4.78 is 16.4. The lowest BCUT2D eigenvalue weighted by atomic mass is 9.97. The topological polar surface area (TPSA) is 39.8 Å². The van der Waals surface area contributed by atoms with E-state index in [0.717, 1.165) is 22.2 Å². The number of hydrogen-bond donors (Lipinski definition) is 0. The van der Waals surface area contributed by atoms with Gasteiger partial charge in [0.1, 0.15) is 0 Å². The number of fused-ring (bicyclic) bond motifs is 1. The van der Waals surface area contributed by atoms with Crippen molar-refractivity contribution in [2.75, 3.05) is 0 Å². The average Bonchev–Trinajstić information content (AvgIpc) is 2.71. The van der Waals surface area contributed by atoms with Gasteiger partial charge in [-0.3, -0.25) is 9.13 Å². The molecular weight excluding hydrogens is 293 g/mol. The van der Waals surface area contributed by atoms with Gasteiger partial charge in [-0.1, -0.05) is 26.8 Å². The van der Waals surface area contributed by atoms with Crippen LogP contribution in [0.5, 0.6) is 0 Å². The smallest absolute Gasteiger partial charge is 0.295 e. The van der Waals surface area contributed by atoms with Crippen molar-refractivity contribution in [3.05, 3.63) is 53.0 Å². The van der Waals surface area contributed by atoms with Crippen LogP contribution in [0, 0.1) is 11.4 Å². The SMILES string of the molecule is Cn1c(=O)n(CC(C)(C)C)c2ccc(-c3ccc(F)nc3)cc21. The van der Waals surface area contributed by atoms with Gasteiger partial charge in [-0.2, -0.15) is 4.39 Å². The van der Waals surface area contributed by atoms with Crippen LogP contribution in [0.1, 0.15) is 20.8 Å². The molecule has 0 aliphatic heterocycles. The highest BCUT2D eigenvalue weighted by Gasteiger charge is 2.18. The minimum absolute atomic E-state index is 0.0116. The predicted molar refractivity (Wildman–Crippen MR) is 89.8 cm³/mol. The molecule has 5 heteroatoms. The number of aromatic nitrogens is 3. The first-order valence-corrected chi connectivity index (χ1v) is 7.57. The van der Waals surface area contributed by atoms with Gasteiger partial charge < -0.3 is 0 Å². The van der Waals surface area contributed by atoms with E-state index in [0.29, 0.717) is 6.54 Å². The van der Waals surface area contributed by atoms with Crippen molar-refractivity contribution in [3.8, 4) is 11.1 Å². The summed E-state index contributed by atoms with van der Waals surface area (Å²) in [6, 6.07) is 8.86. The molecule has 2 heterocycles. The molecule has 0 bridgehead atoms. The summed E-state index contributed by atoms with van der Waals surface area (Å²) in [5, 5.41) is 0. The van der Waals surface area contributed by atoms with Crippen LogP contribution in [0.25, 0.3) is 22.2 Å². The fourth-order valence-electron chi connectivity index (χ4n) is 2.76. The highest BCUT2D eigenvalue weighted by atomic mass is 19.1. The Hall–Kier alpha value is -2.43. The second kappa shape index (κ2) is 5.33. The Labute approximate surface area is 134 Å². The Bertz CT molecular complexity index is 914. The number of pyridine rings is 1. The van der Waals surface area contributed by atoms with E-state index >= 15 is 0 Å². The summed E-state index contributed by atoms with van der Waals surface area (Å²) in [5.74, 6) is -0.501. The fourth-order valence-corrected chi connectivity index (χ4v) is 2.76. The molecule has 23 heavy (non-hydrogen) atoms. The van der Waals surface area contributed by atoms with E-state index in [1.54, 1.807) is 17.7 Å². The van der Waals surface area contributed by atoms with Gasteiger partial charge in [0.25, 0.3) is 0 Å². The highest BCUT2D eigenvalue weighted by Crippen LogP contribution is 2.25. The van der Waals surface area contributed by atoms with Crippen molar-refractivity contribution < 1.29 is 4.39 Å². The Balaban J connectivity index is 2.16. The zero-order valence-electron chi connectivity index (χ0n) is 13.8. The number of rotatable bonds is 2. The van der Waals surface area contributed by atoms with Gasteiger partial charge in [-0.05, 0) is 35.2 Å². The lowest BCUT2D eigenvalue weighted by molar-refractivity contribution is 0.342. The third-order valence-corrected chi connectivity index (χ3v) is 3.84. The maximum absolute atomic E-state index is 13.0. The molecule has 120 valence electrons. The zero-order chi connectivity index (χ0) is 16.8. The van der Waals surface area contributed by atoms with Crippen molar-refractivity contribution in [1.29, 1.82) is 0 Å². The second-order valence-electron chi connectivity index (χ2n) is 7.06. The minimum atomic E-state index is -0.501. The molecule has 0 aliphatic carbocycles. The number of imidazole rings is 1. The third-order valence-electron chi connectivity index (χ3n) is 3.84. The van der Waals surface area contributed by atoms with Crippen LogP contribution >= 0.6 is 0 Å². The van der Waals surface area contributed by atoms with Gasteiger partial charge in [-0.15, -0.1) is 0 Å². The quantitative estimate of drug-likeness (QED) is 0.678. The molecule has 0 radical (unpaired) electrons. The van der Waals surface area contributed by atoms with E-state index in [1.165, 1.54) is 12.3 Å².